The van der Waals surface area contributed by atoms with Crippen molar-refractivity contribution in [1.82, 2.24) is 4.90 Å². The Hall–Kier alpha value is -1.22. The van der Waals surface area contributed by atoms with Gasteiger partial charge in [-0.05, 0) is 20.2 Å². The lowest BCUT2D eigenvalue weighted by atomic mass is 10.1. The molecule has 0 spiro atoms. The van der Waals surface area contributed by atoms with Crippen molar-refractivity contribution in [2.24, 2.45) is 0 Å². The third-order valence-corrected chi connectivity index (χ3v) is 1.91. The summed E-state index contributed by atoms with van der Waals surface area (Å²) in [7, 11) is 3.48. The number of nitrogens with zero attached hydrogens (tertiary/aromatic N) is 1. The molecule has 1 aromatic rings. The Bertz CT molecular complexity index is 299. The number of benzene rings is 1. The Morgan fingerprint density at radius 3 is 2.46 bits per heavy atom. The molecular weight excluding hydrogens is 169 g/mol. The summed E-state index contributed by atoms with van der Waals surface area (Å²) < 4.78 is 13.2. The molecule has 0 heterocycles. The predicted octanol–water partition coefficient (Wildman–Crippen LogP) is 1.63. The molecule has 0 bridgehead atoms. The topological polar surface area (TPSA) is 20.3 Å². The number of rotatable bonds is 3. The normalized spacial score (nSPS) is 12.9. The Balaban J connectivity index is 3.04. The summed E-state index contributed by atoms with van der Waals surface area (Å²) in [5.41, 5.74) is 0.419. The quantitative estimate of drug-likeness (QED) is 0.660. The molecule has 2 nitrogen and oxygen atoms in total. The van der Waals surface area contributed by atoms with Crippen molar-refractivity contribution in [1.29, 1.82) is 0 Å². The predicted molar refractivity (Wildman–Crippen MR) is 48.9 cm³/mol. The van der Waals surface area contributed by atoms with E-state index in [0.717, 1.165) is 6.29 Å². The van der Waals surface area contributed by atoms with E-state index >= 15 is 0 Å². The summed E-state index contributed by atoms with van der Waals surface area (Å²) in [5, 5.41) is 0. The van der Waals surface area contributed by atoms with Crippen LogP contribution >= 0.6 is 0 Å². The monoisotopic (exact) mass is 181 g/mol. The highest BCUT2D eigenvalue weighted by molar-refractivity contribution is 5.61. The van der Waals surface area contributed by atoms with Gasteiger partial charge in [0.25, 0.3) is 0 Å². The van der Waals surface area contributed by atoms with E-state index in [1.54, 1.807) is 37.2 Å². The van der Waals surface area contributed by atoms with Gasteiger partial charge in [-0.15, -0.1) is 0 Å². The standard InChI is InChI=1S/C10H12FNO/c1-12(2)10(7-13)8-5-3-4-6-9(8)11/h3-7,10H,1-2H3. The van der Waals surface area contributed by atoms with Crippen LogP contribution in [0.4, 0.5) is 4.39 Å². The lowest BCUT2D eigenvalue weighted by Gasteiger charge is -2.18. The van der Waals surface area contributed by atoms with Crippen molar-refractivity contribution in [3.8, 4) is 0 Å². The van der Waals surface area contributed by atoms with Gasteiger partial charge in [-0.2, -0.15) is 0 Å². The third kappa shape index (κ3) is 2.12. The van der Waals surface area contributed by atoms with Gasteiger partial charge in [0.05, 0.1) is 6.04 Å². The number of carbonyl (C=O) groups excluding carboxylic acids is 1. The number of likely N-dealkylation sites (N-methyl/N-ethyl adjacent to an activating group) is 1. The van der Waals surface area contributed by atoms with Gasteiger partial charge in [-0.1, -0.05) is 18.2 Å². The van der Waals surface area contributed by atoms with Crippen molar-refractivity contribution in [3.05, 3.63) is 35.6 Å². The Morgan fingerprint density at radius 1 is 1.38 bits per heavy atom. The van der Waals surface area contributed by atoms with Crippen LogP contribution in [0.15, 0.2) is 24.3 Å². The minimum Gasteiger partial charge on any atom is -0.301 e. The molecule has 0 aromatic heterocycles. The van der Waals surface area contributed by atoms with Crippen LogP contribution in [0, 0.1) is 5.82 Å². The molecule has 1 aromatic carbocycles. The van der Waals surface area contributed by atoms with E-state index in [0.29, 0.717) is 5.56 Å². The summed E-state index contributed by atoms with van der Waals surface area (Å²) in [5.74, 6) is -0.340. The van der Waals surface area contributed by atoms with Crippen LogP contribution < -0.4 is 0 Å². The molecule has 0 saturated carbocycles. The molecular formula is C10H12FNO. The zero-order valence-corrected chi connectivity index (χ0v) is 7.70. The fraction of sp³-hybridized carbons (Fsp3) is 0.300. The number of carbonyl (C=O) groups is 1. The molecule has 1 unspecified atom stereocenters. The van der Waals surface area contributed by atoms with Gasteiger partial charge in [0.1, 0.15) is 12.1 Å². The summed E-state index contributed by atoms with van der Waals surface area (Å²) in [6, 6.07) is 5.81. The molecule has 13 heavy (non-hydrogen) atoms. The summed E-state index contributed by atoms with van der Waals surface area (Å²) >= 11 is 0. The van der Waals surface area contributed by atoms with Crippen molar-refractivity contribution < 1.29 is 9.18 Å². The lowest BCUT2D eigenvalue weighted by molar-refractivity contribution is -0.111. The maximum atomic E-state index is 13.2. The number of hydrogen-bond donors (Lipinski definition) is 0. The van der Waals surface area contributed by atoms with Crippen LogP contribution in [0.3, 0.4) is 0 Å². The molecule has 0 N–H and O–H groups in total. The molecule has 0 aliphatic heterocycles. The molecule has 0 saturated heterocycles. The Labute approximate surface area is 77.0 Å². The van der Waals surface area contributed by atoms with Crippen LogP contribution in [0.25, 0.3) is 0 Å². The lowest BCUT2D eigenvalue weighted by Crippen LogP contribution is -2.21. The van der Waals surface area contributed by atoms with E-state index in [1.165, 1.54) is 6.07 Å². The first kappa shape index (κ1) is 9.86. The van der Waals surface area contributed by atoms with Gasteiger partial charge >= 0.3 is 0 Å². The Kier molecular flexibility index (Phi) is 3.14. The van der Waals surface area contributed by atoms with E-state index in [2.05, 4.69) is 0 Å². The summed E-state index contributed by atoms with van der Waals surface area (Å²) in [6.45, 7) is 0. The highest BCUT2D eigenvalue weighted by atomic mass is 19.1. The van der Waals surface area contributed by atoms with Gasteiger partial charge in [-0.3, -0.25) is 4.90 Å². The Morgan fingerprint density at radius 2 is 2.00 bits per heavy atom. The van der Waals surface area contributed by atoms with E-state index < -0.39 is 6.04 Å². The van der Waals surface area contributed by atoms with Crippen LogP contribution in [-0.4, -0.2) is 25.3 Å². The highest BCUT2D eigenvalue weighted by Gasteiger charge is 2.15. The summed E-state index contributed by atoms with van der Waals surface area (Å²) in [6.07, 6.45) is 0.735. The largest absolute Gasteiger partial charge is 0.301 e. The number of hydrogen-bond acceptors (Lipinski definition) is 2. The van der Waals surface area contributed by atoms with Crippen LogP contribution in [0.5, 0.6) is 0 Å². The minimum atomic E-state index is -0.499. The molecule has 0 fully saturated rings. The van der Waals surface area contributed by atoms with Crippen molar-refractivity contribution in [2.45, 2.75) is 6.04 Å². The average molecular weight is 181 g/mol. The highest BCUT2D eigenvalue weighted by Crippen LogP contribution is 2.18. The van der Waals surface area contributed by atoms with Gasteiger partial charge in [0.15, 0.2) is 0 Å². The minimum absolute atomic E-state index is 0.340. The zero-order valence-electron chi connectivity index (χ0n) is 7.70. The van der Waals surface area contributed by atoms with Gasteiger partial charge < -0.3 is 4.79 Å². The zero-order chi connectivity index (χ0) is 9.84. The fourth-order valence-corrected chi connectivity index (χ4v) is 1.19. The first-order valence-corrected chi connectivity index (χ1v) is 4.03. The number of aldehydes is 1. The van der Waals surface area contributed by atoms with Crippen LogP contribution in [0.1, 0.15) is 11.6 Å². The molecule has 70 valence electrons. The van der Waals surface area contributed by atoms with Crippen molar-refractivity contribution >= 4 is 6.29 Å². The second-order valence-electron chi connectivity index (χ2n) is 3.07. The first-order valence-electron chi connectivity index (χ1n) is 4.03. The fourth-order valence-electron chi connectivity index (χ4n) is 1.19. The van der Waals surface area contributed by atoms with E-state index in [4.69, 9.17) is 0 Å². The van der Waals surface area contributed by atoms with Gasteiger partial charge in [0, 0.05) is 5.56 Å². The second kappa shape index (κ2) is 4.14. The smallest absolute Gasteiger partial charge is 0.141 e. The maximum absolute atomic E-state index is 13.2. The van der Waals surface area contributed by atoms with E-state index in [-0.39, 0.29) is 5.82 Å². The average Bonchev–Trinajstić information content (AvgIpc) is 2.09. The maximum Gasteiger partial charge on any atom is 0.141 e. The van der Waals surface area contributed by atoms with Gasteiger partial charge in [0.2, 0.25) is 0 Å². The van der Waals surface area contributed by atoms with Crippen molar-refractivity contribution in [3.63, 3.8) is 0 Å². The second-order valence-corrected chi connectivity index (χ2v) is 3.07. The first-order chi connectivity index (χ1) is 6.16. The van der Waals surface area contributed by atoms with Gasteiger partial charge in [-0.25, -0.2) is 4.39 Å². The van der Waals surface area contributed by atoms with Crippen LogP contribution in [0.2, 0.25) is 0 Å². The SMILES string of the molecule is CN(C)C(C=O)c1ccccc1F. The van der Waals surface area contributed by atoms with E-state index in [1.807, 2.05) is 0 Å². The number of halogens is 1. The molecule has 0 aliphatic carbocycles. The molecule has 1 rings (SSSR count). The van der Waals surface area contributed by atoms with E-state index in [9.17, 15) is 9.18 Å². The van der Waals surface area contributed by atoms with Crippen molar-refractivity contribution in [2.75, 3.05) is 14.1 Å². The molecule has 3 heteroatoms. The molecule has 0 aliphatic rings. The molecule has 0 radical (unpaired) electrons. The van der Waals surface area contributed by atoms with Crippen LogP contribution in [-0.2, 0) is 4.79 Å². The molecule has 0 amide bonds. The summed E-state index contributed by atoms with van der Waals surface area (Å²) in [4.78, 5) is 12.4. The molecule has 1 atom stereocenters. The third-order valence-electron chi connectivity index (χ3n) is 1.91.